The minimum atomic E-state index is -1.13. The van der Waals surface area contributed by atoms with Gasteiger partial charge in [0.25, 0.3) is 5.91 Å². The van der Waals surface area contributed by atoms with Crippen LogP contribution in [0.4, 0.5) is 0 Å². The van der Waals surface area contributed by atoms with E-state index < -0.39 is 11.5 Å². The van der Waals surface area contributed by atoms with Crippen LogP contribution in [0.1, 0.15) is 16.9 Å². The normalized spacial score (nSPS) is 23.0. The molecule has 1 saturated heterocycles. The lowest BCUT2D eigenvalue weighted by molar-refractivity contribution is -0.143. The van der Waals surface area contributed by atoms with E-state index in [0.29, 0.717) is 17.9 Å². The van der Waals surface area contributed by atoms with Crippen LogP contribution in [0.3, 0.4) is 0 Å². The summed E-state index contributed by atoms with van der Waals surface area (Å²) in [4.78, 5) is 23.5. The largest absolute Gasteiger partial charge is 0.479 e. The summed E-state index contributed by atoms with van der Waals surface area (Å²) in [5, 5.41) is 12.0. The summed E-state index contributed by atoms with van der Waals surface area (Å²) in [6.07, 6.45) is 2.22. The molecule has 18 heavy (non-hydrogen) atoms. The Kier molecular flexibility index (Phi) is 3.72. The first kappa shape index (κ1) is 13.5. The number of carbonyl (C=O) groups excluding carboxylic acids is 1. The maximum atomic E-state index is 12.1. The van der Waals surface area contributed by atoms with E-state index in [1.807, 2.05) is 0 Å². The fourth-order valence-electron chi connectivity index (χ4n) is 1.92. The molecule has 1 fully saturated rings. The van der Waals surface area contributed by atoms with Crippen LogP contribution in [0.2, 0.25) is 0 Å². The molecule has 1 aromatic rings. The summed E-state index contributed by atoms with van der Waals surface area (Å²) >= 11 is 4.83. The number of carboxylic acids is 1. The molecule has 1 atom stereocenters. The van der Waals surface area contributed by atoms with Crippen molar-refractivity contribution in [3.63, 3.8) is 0 Å². The van der Waals surface area contributed by atoms with Crippen LogP contribution < -0.4 is 5.32 Å². The van der Waals surface area contributed by atoms with Gasteiger partial charge in [0, 0.05) is 23.5 Å². The van der Waals surface area contributed by atoms with Crippen molar-refractivity contribution < 1.29 is 14.7 Å². The van der Waals surface area contributed by atoms with Crippen molar-refractivity contribution in [2.45, 2.75) is 12.0 Å². The number of thioether (sulfide) groups is 1. The number of halogens is 1. The highest BCUT2D eigenvalue weighted by Crippen LogP contribution is 2.28. The highest BCUT2D eigenvalue weighted by atomic mass is 79.9. The summed E-state index contributed by atoms with van der Waals surface area (Å²) in [7, 11) is 1.75. The third-order valence-electron chi connectivity index (χ3n) is 2.99. The second kappa shape index (κ2) is 4.97. The van der Waals surface area contributed by atoms with Crippen molar-refractivity contribution in [3.05, 3.63) is 22.4 Å². The number of carbonyl (C=O) groups is 2. The Bertz CT molecular complexity index is 494. The van der Waals surface area contributed by atoms with Gasteiger partial charge in [-0.05, 0) is 34.2 Å². The van der Waals surface area contributed by atoms with Gasteiger partial charge in [0.2, 0.25) is 0 Å². The van der Waals surface area contributed by atoms with Crippen molar-refractivity contribution in [2.75, 3.05) is 11.5 Å². The number of aliphatic carboxylic acids is 1. The SMILES string of the molecule is Cn1cc(Br)cc1C(=O)NC1(C(=O)O)CCSC1. The number of amides is 1. The first-order chi connectivity index (χ1) is 8.44. The summed E-state index contributed by atoms with van der Waals surface area (Å²) in [5.41, 5.74) is -0.683. The number of nitrogens with one attached hydrogen (secondary N) is 1. The van der Waals surface area contributed by atoms with Gasteiger partial charge >= 0.3 is 5.97 Å². The minimum absolute atomic E-state index is 0.354. The van der Waals surface area contributed by atoms with Crippen LogP contribution >= 0.6 is 27.7 Å². The zero-order valence-electron chi connectivity index (χ0n) is 9.77. The van der Waals surface area contributed by atoms with Gasteiger partial charge in [-0.3, -0.25) is 4.79 Å². The molecule has 1 unspecified atom stereocenters. The average Bonchev–Trinajstić information content (AvgIpc) is 2.86. The van der Waals surface area contributed by atoms with Crippen LogP contribution in [0.15, 0.2) is 16.7 Å². The zero-order valence-corrected chi connectivity index (χ0v) is 12.2. The second-order valence-corrected chi connectivity index (χ2v) is 6.32. The molecule has 0 aromatic carbocycles. The van der Waals surface area contributed by atoms with E-state index in [-0.39, 0.29) is 5.91 Å². The molecule has 0 bridgehead atoms. The van der Waals surface area contributed by atoms with Crippen molar-refractivity contribution >= 4 is 39.6 Å². The Morgan fingerprint density at radius 2 is 2.33 bits per heavy atom. The monoisotopic (exact) mass is 332 g/mol. The van der Waals surface area contributed by atoms with E-state index in [1.165, 1.54) is 0 Å². The number of carboxylic acid groups (broad SMARTS) is 1. The Hall–Kier alpha value is -0.950. The molecule has 1 aromatic heterocycles. The number of aromatic nitrogens is 1. The molecule has 0 radical (unpaired) electrons. The quantitative estimate of drug-likeness (QED) is 0.879. The molecule has 2 heterocycles. The molecular weight excluding hydrogens is 320 g/mol. The Balaban J connectivity index is 2.20. The molecule has 2 N–H and O–H groups in total. The number of hydrogen-bond donors (Lipinski definition) is 2. The fraction of sp³-hybridized carbons (Fsp3) is 0.455. The van der Waals surface area contributed by atoms with Crippen LogP contribution in [0.25, 0.3) is 0 Å². The molecule has 5 nitrogen and oxygen atoms in total. The predicted molar refractivity (Wildman–Crippen MR) is 72.9 cm³/mol. The van der Waals surface area contributed by atoms with Crippen LogP contribution in [0.5, 0.6) is 0 Å². The molecule has 2 rings (SSSR count). The number of aryl methyl sites for hydroxylation is 1. The molecule has 0 aliphatic carbocycles. The van der Waals surface area contributed by atoms with Gasteiger partial charge in [-0.1, -0.05) is 0 Å². The smallest absolute Gasteiger partial charge is 0.330 e. The third kappa shape index (κ3) is 2.42. The number of nitrogens with zero attached hydrogens (tertiary/aromatic N) is 1. The average molecular weight is 333 g/mol. The van der Waals surface area contributed by atoms with Gasteiger partial charge in [0.1, 0.15) is 11.2 Å². The van der Waals surface area contributed by atoms with Crippen molar-refractivity contribution in [1.29, 1.82) is 0 Å². The highest BCUT2D eigenvalue weighted by molar-refractivity contribution is 9.10. The van der Waals surface area contributed by atoms with Gasteiger partial charge in [0.15, 0.2) is 0 Å². The van der Waals surface area contributed by atoms with E-state index in [0.717, 1.165) is 10.2 Å². The minimum Gasteiger partial charge on any atom is -0.479 e. The molecule has 98 valence electrons. The summed E-state index contributed by atoms with van der Waals surface area (Å²) in [6, 6.07) is 1.67. The molecular formula is C11H13BrN2O3S. The van der Waals surface area contributed by atoms with Crippen LogP contribution in [0, 0.1) is 0 Å². The first-order valence-corrected chi connectivity index (χ1v) is 7.35. The lowest BCUT2D eigenvalue weighted by Crippen LogP contribution is -2.55. The van der Waals surface area contributed by atoms with E-state index >= 15 is 0 Å². The standard InChI is InChI=1S/C11H13BrN2O3S/c1-14-5-7(12)4-8(14)9(15)13-11(10(16)17)2-3-18-6-11/h4-5H,2-3,6H2,1H3,(H,13,15)(H,16,17). The summed E-state index contributed by atoms with van der Waals surface area (Å²) < 4.78 is 2.46. The van der Waals surface area contributed by atoms with Crippen molar-refractivity contribution in [3.8, 4) is 0 Å². The van der Waals surface area contributed by atoms with Gasteiger partial charge in [-0.25, -0.2) is 4.79 Å². The Labute approximate surface area is 117 Å². The van der Waals surface area contributed by atoms with Crippen LogP contribution in [-0.4, -0.2) is 38.6 Å². The Morgan fingerprint density at radius 3 is 2.78 bits per heavy atom. The van der Waals surface area contributed by atoms with Gasteiger partial charge in [0.05, 0.1) is 0 Å². The molecule has 1 aliphatic heterocycles. The van der Waals surface area contributed by atoms with E-state index in [2.05, 4.69) is 21.2 Å². The topological polar surface area (TPSA) is 71.3 Å². The zero-order chi connectivity index (χ0) is 13.3. The molecule has 1 amide bonds. The number of hydrogen-bond acceptors (Lipinski definition) is 3. The third-order valence-corrected chi connectivity index (χ3v) is 4.61. The first-order valence-electron chi connectivity index (χ1n) is 5.40. The van der Waals surface area contributed by atoms with E-state index in [1.54, 1.807) is 35.6 Å². The summed E-state index contributed by atoms with van der Waals surface area (Å²) in [5.74, 6) is -0.148. The maximum Gasteiger partial charge on any atom is 0.330 e. The van der Waals surface area contributed by atoms with E-state index in [9.17, 15) is 14.7 Å². The predicted octanol–water partition coefficient (Wildman–Crippen LogP) is 1.48. The fourth-order valence-corrected chi connectivity index (χ4v) is 3.77. The second-order valence-electron chi connectivity index (χ2n) is 4.30. The van der Waals surface area contributed by atoms with Crippen LogP contribution in [-0.2, 0) is 11.8 Å². The lowest BCUT2D eigenvalue weighted by Gasteiger charge is -2.24. The highest BCUT2D eigenvalue weighted by Gasteiger charge is 2.43. The lowest BCUT2D eigenvalue weighted by atomic mass is 9.99. The summed E-state index contributed by atoms with van der Waals surface area (Å²) in [6.45, 7) is 0. The Morgan fingerprint density at radius 1 is 1.61 bits per heavy atom. The van der Waals surface area contributed by atoms with Crippen molar-refractivity contribution in [2.24, 2.45) is 7.05 Å². The van der Waals surface area contributed by atoms with E-state index in [4.69, 9.17) is 0 Å². The van der Waals surface area contributed by atoms with Crippen molar-refractivity contribution in [1.82, 2.24) is 9.88 Å². The molecule has 0 saturated carbocycles. The molecule has 7 heteroatoms. The molecule has 1 aliphatic rings. The van der Waals surface area contributed by atoms with Gasteiger partial charge < -0.3 is 15.0 Å². The number of rotatable bonds is 3. The van der Waals surface area contributed by atoms with Gasteiger partial charge in [-0.15, -0.1) is 0 Å². The maximum absolute atomic E-state index is 12.1. The van der Waals surface area contributed by atoms with Gasteiger partial charge in [-0.2, -0.15) is 11.8 Å². The molecule has 0 spiro atoms.